The van der Waals surface area contributed by atoms with Crippen LogP contribution in [-0.2, 0) is 4.65 Å². The van der Waals surface area contributed by atoms with Gasteiger partial charge in [-0.05, 0) is 29.6 Å². The first-order valence-corrected chi connectivity index (χ1v) is 5.40. The zero-order valence-corrected chi connectivity index (χ0v) is 9.16. The van der Waals surface area contributed by atoms with Crippen LogP contribution in [0.2, 0.25) is 6.82 Å². The Labute approximate surface area is 90.6 Å². The smallest absolute Gasteiger partial charge is 0.324 e. The molecular formula is C11H16BNO2. The standard InChI is InChI=1S/C11H16BNO2/c1-3-11-9-5-4-8(13-7-14)6-10(9)12(2)15-11/h4-6,11,13-14H,3,7H2,1-2H3/t11-/m0/s1. The maximum absolute atomic E-state index is 8.79. The quantitative estimate of drug-likeness (QED) is 0.578. The van der Waals surface area contributed by atoms with Gasteiger partial charge in [0.2, 0.25) is 0 Å². The van der Waals surface area contributed by atoms with Crippen molar-refractivity contribution in [2.45, 2.75) is 26.3 Å². The summed E-state index contributed by atoms with van der Waals surface area (Å²) in [5.41, 5.74) is 3.47. The van der Waals surface area contributed by atoms with Gasteiger partial charge < -0.3 is 15.1 Å². The van der Waals surface area contributed by atoms with E-state index < -0.39 is 0 Å². The van der Waals surface area contributed by atoms with Gasteiger partial charge in [0.25, 0.3) is 0 Å². The molecule has 1 atom stereocenters. The van der Waals surface area contributed by atoms with Crippen LogP contribution in [0.3, 0.4) is 0 Å². The molecule has 80 valence electrons. The number of fused-ring (bicyclic) bond motifs is 1. The summed E-state index contributed by atoms with van der Waals surface area (Å²) in [5.74, 6) is 0. The molecule has 0 aromatic heterocycles. The van der Waals surface area contributed by atoms with Crippen LogP contribution in [-0.4, -0.2) is 18.8 Å². The number of hydrogen-bond acceptors (Lipinski definition) is 3. The highest BCUT2D eigenvalue weighted by Gasteiger charge is 2.30. The van der Waals surface area contributed by atoms with E-state index in [4.69, 9.17) is 9.76 Å². The molecule has 15 heavy (non-hydrogen) atoms. The molecule has 0 unspecified atom stereocenters. The minimum Gasteiger partial charge on any atom is -0.424 e. The van der Waals surface area contributed by atoms with Crippen molar-refractivity contribution in [3.63, 3.8) is 0 Å². The molecule has 0 aliphatic carbocycles. The van der Waals surface area contributed by atoms with Crippen LogP contribution in [0.4, 0.5) is 5.69 Å². The van der Waals surface area contributed by atoms with E-state index in [-0.39, 0.29) is 19.8 Å². The van der Waals surface area contributed by atoms with Crippen LogP contribution in [0.15, 0.2) is 18.2 Å². The molecule has 0 bridgehead atoms. The molecule has 1 aliphatic heterocycles. The van der Waals surface area contributed by atoms with Gasteiger partial charge in [0, 0.05) is 5.69 Å². The maximum Gasteiger partial charge on any atom is 0.324 e. The number of nitrogens with one attached hydrogen (secondary N) is 1. The first-order valence-electron chi connectivity index (χ1n) is 5.40. The Bertz CT molecular complexity index is 356. The van der Waals surface area contributed by atoms with E-state index in [0.29, 0.717) is 0 Å². The molecule has 1 aromatic rings. The Kier molecular flexibility index (Phi) is 2.98. The van der Waals surface area contributed by atoms with Crippen molar-refractivity contribution in [3.05, 3.63) is 23.8 Å². The van der Waals surface area contributed by atoms with Crippen molar-refractivity contribution in [1.82, 2.24) is 0 Å². The van der Waals surface area contributed by atoms with E-state index in [0.717, 1.165) is 12.1 Å². The SMILES string of the molecule is CC[C@@H]1OB(C)c2cc(NCO)ccc21. The summed E-state index contributed by atoms with van der Waals surface area (Å²) in [6.45, 7) is 4.32. The van der Waals surface area contributed by atoms with Gasteiger partial charge in [-0.2, -0.15) is 0 Å². The molecular weight excluding hydrogens is 189 g/mol. The van der Waals surface area contributed by atoms with Crippen LogP contribution in [0.5, 0.6) is 0 Å². The predicted octanol–water partition coefficient (Wildman–Crippen LogP) is 1.36. The van der Waals surface area contributed by atoms with Crippen LogP contribution in [0.25, 0.3) is 0 Å². The average molecular weight is 205 g/mol. The maximum atomic E-state index is 8.79. The van der Waals surface area contributed by atoms with Crippen molar-refractivity contribution < 1.29 is 9.76 Å². The van der Waals surface area contributed by atoms with E-state index >= 15 is 0 Å². The highest BCUT2D eigenvalue weighted by Crippen LogP contribution is 2.28. The minimum absolute atomic E-state index is 0.0365. The van der Waals surface area contributed by atoms with Gasteiger partial charge >= 0.3 is 6.92 Å². The average Bonchev–Trinajstić information content (AvgIpc) is 2.56. The van der Waals surface area contributed by atoms with Gasteiger partial charge in [-0.25, -0.2) is 0 Å². The predicted molar refractivity (Wildman–Crippen MR) is 62.5 cm³/mol. The van der Waals surface area contributed by atoms with Crippen LogP contribution in [0, 0.1) is 0 Å². The summed E-state index contributed by atoms with van der Waals surface area (Å²) >= 11 is 0. The van der Waals surface area contributed by atoms with Gasteiger partial charge in [0.05, 0.1) is 6.10 Å². The number of anilines is 1. The van der Waals surface area contributed by atoms with Gasteiger partial charge in [-0.15, -0.1) is 0 Å². The highest BCUT2D eigenvalue weighted by atomic mass is 16.5. The molecule has 1 heterocycles. The van der Waals surface area contributed by atoms with Crippen molar-refractivity contribution >= 4 is 18.1 Å². The van der Waals surface area contributed by atoms with E-state index in [1.54, 1.807) is 0 Å². The summed E-state index contributed by atoms with van der Waals surface area (Å²) in [6, 6.07) is 6.13. The van der Waals surface area contributed by atoms with E-state index in [2.05, 4.69) is 31.2 Å². The third kappa shape index (κ3) is 1.87. The first-order chi connectivity index (χ1) is 7.26. The Morgan fingerprint density at radius 2 is 2.33 bits per heavy atom. The van der Waals surface area contributed by atoms with Gasteiger partial charge in [0.1, 0.15) is 6.73 Å². The lowest BCUT2D eigenvalue weighted by Crippen LogP contribution is -2.24. The van der Waals surface area contributed by atoms with Crippen LogP contribution >= 0.6 is 0 Å². The second-order valence-corrected chi connectivity index (χ2v) is 3.85. The minimum atomic E-state index is -0.0365. The second-order valence-electron chi connectivity index (χ2n) is 3.85. The molecule has 2 rings (SSSR count). The van der Waals surface area contributed by atoms with Gasteiger partial charge in [-0.3, -0.25) is 0 Å². The highest BCUT2D eigenvalue weighted by molar-refractivity contribution is 6.67. The Hall–Kier alpha value is -0.995. The lowest BCUT2D eigenvalue weighted by Gasteiger charge is -2.09. The van der Waals surface area contributed by atoms with Crippen molar-refractivity contribution in [1.29, 1.82) is 0 Å². The first kappa shape index (κ1) is 10.5. The molecule has 0 fully saturated rings. The summed E-state index contributed by atoms with van der Waals surface area (Å²) in [5, 5.41) is 11.7. The largest absolute Gasteiger partial charge is 0.424 e. The fraction of sp³-hybridized carbons (Fsp3) is 0.455. The molecule has 1 aliphatic rings. The Morgan fingerprint density at radius 3 is 3.00 bits per heavy atom. The molecule has 0 spiro atoms. The summed E-state index contributed by atoms with van der Waals surface area (Å²) < 4.78 is 5.82. The molecule has 1 aromatic carbocycles. The summed E-state index contributed by atoms with van der Waals surface area (Å²) in [7, 11) is 0. The topological polar surface area (TPSA) is 41.5 Å². The van der Waals surface area contributed by atoms with Crippen LogP contribution < -0.4 is 10.8 Å². The zero-order valence-electron chi connectivity index (χ0n) is 9.16. The number of hydrogen-bond donors (Lipinski definition) is 2. The lowest BCUT2D eigenvalue weighted by molar-refractivity contribution is 0.221. The lowest BCUT2D eigenvalue weighted by atomic mass is 9.64. The number of benzene rings is 1. The van der Waals surface area contributed by atoms with Gasteiger partial charge in [0.15, 0.2) is 0 Å². The molecule has 4 heteroatoms. The second kappa shape index (κ2) is 4.25. The molecule has 0 radical (unpaired) electrons. The molecule has 2 N–H and O–H groups in total. The Balaban J connectivity index is 2.32. The van der Waals surface area contributed by atoms with Gasteiger partial charge in [-0.1, -0.05) is 19.8 Å². The monoisotopic (exact) mass is 205 g/mol. The molecule has 0 saturated heterocycles. The van der Waals surface area contributed by atoms with Crippen molar-refractivity contribution in [3.8, 4) is 0 Å². The Morgan fingerprint density at radius 1 is 1.53 bits per heavy atom. The molecule has 0 saturated carbocycles. The summed E-state index contributed by atoms with van der Waals surface area (Å²) in [4.78, 5) is 0. The fourth-order valence-electron chi connectivity index (χ4n) is 2.13. The number of aliphatic hydroxyl groups is 1. The van der Waals surface area contributed by atoms with E-state index in [1.165, 1.54) is 11.0 Å². The molecule has 0 amide bonds. The fourth-order valence-corrected chi connectivity index (χ4v) is 2.13. The van der Waals surface area contributed by atoms with Crippen molar-refractivity contribution in [2.24, 2.45) is 0 Å². The van der Waals surface area contributed by atoms with Crippen molar-refractivity contribution in [2.75, 3.05) is 12.0 Å². The van der Waals surface area contributed by atoms with Crippen LogP contribution in [0.1, 0.15) is 25.0 Å². The third-order valence-electron chi connectivity index (χ3n) is 2.89. The zero-order chi connectivity index (χ0) is 10.8. The third-order valence-corrected chi connectivity index (χ3v) is 2.89. The number of rotatable bonds is 3. The molecule has 3 nitrogen and oxygen atoms in total. The number of aliphatic hydroxyl groups excluding tert-OH is 1. The van der Waals surface area contributed by atoms with E-state index in [9.17, 15) is 0 Å². The normalized spacial score (nSPS) is 19.1. The van der Waals surface area contributed by atoms with E-state index in [1.807, 2.05) is 6.07 Å². The summed E-state index contributed by atoms with van der Waals surface area (Å²) in [6.07, 6.45) is 1.24.